The van der Waals surface area contributed by atoms with Crippen LogP contribution in [0.1, 0.15) is 12.6 Å². The van der Waals surface area contributed by atoms with Crippen molar-refractivity contribution < 1.29 is 8.42 Å². The van der Waals surface area contributed by atoms with Crippen LogP contribution in [0.5, 0.6) is 0 Å². The second-order valence-corrected chi connectivity index (χ2v) is 5.68. The molecule has 0 atom stereocenters. The number of hydrogen-bond acceptors (Lipinski definition) is 3. The first-order valence-electron chi connectivity index (χ1n) is 4.44. The molecule has 0 bridgehead atoms. The predicted octanol–water partition coefficient (Wildman–Crippen LogP) is 2.05. The number of para-hydroxylation sites is 1. The largest absolute Gasteiger partial charge is 0.281 e. The van der Waals surface area contributed by atoms with Gasteiger partial charge in [-0.3, -0.25) is 5.10 Å². The Labute approximate surface area is 91.7 Å². The molecule has 0 amide bonds. The van der Waals surface area contributed by atoms with Gasteiger partial charge in [-0.25, -0.2) is 8.42 Å². The molecule has 1 heterocycles. The van der Waals surface area contributed by atoms with E-state index in [0.29, 0.717) is 5.52 Å². The Balaban J connectivity index is 2.84. The van der Waals surface area contributed by atoms with Gasteiger partial charge in [0.1, 0.15) is 10.4 Å². The monoisotopic (exact) mass is 244 g/mol. The van der Waals surface area contributed by atoms with Crippen LogP contribution >= 0.6 is 10.7 Å². The van der Waals surface area contributed by atoms with Crippen molar-refractivity contribution in [1.82, 2.24) is 10.2 Å². The van der Waals surface area contributed by atoms with Gasteiger partial charge in [0.25, 0.3) is 9.05 Å². The minimum Gasteiger partial charge on any atom is -0.281 e. The Morgan fingerprint density at radius 2 is 2.20 bits per heavy atom. The fourth-order valence-corrected chi connectivity index (χ4v) is 2.53. The highest BCUT2D eigenvalue weighted by molar-refractivity contribution is 8.14. The summed E-state index contributed by atoms with van der Waals surface area (Å²) < 4.78 is 22.5. The van der Waals surface area contributed by atoms with Crippen molar-refractivity contribution in [2.24, 2.45) is 0 Å². The third-order valence-corrected chi connectivity index (χ3v) is 3.60. The van der Waals surface area contributed by atoms with Crippen LogP contribution in [0.3, 0.4) is 0 Å². The minimum absolute atomic E-state index is 0.0533. The molecular formula is C9H9ClN2O2S. The number of benzene rings is 1. The van der Waals surface area contributed by atoms with E-state index in [1.54, 1.807) is 6.07 Å². The first-order chi connectivity index (χ1) is 7.04. The maximum absolute atomic E-state index is 11.3. The molecule has 0 saturated carbocycles. The molecule has 0 aliphatic rings. The number of aryl methyl sites for hydroxylation is 1. The Bertz CT molecular complexity index is 604. The molecule has 0 fully saturated rings. The van der Waals surface area contributed by atoms with Crippen LogP contribution < -0.4 is 0 Å². The quantitative estimate of drug-likeness (QED) is 0.823. The summed E-state index contributed by atoms with van der Waals surface area (Å²) >= 11 is 0. The topological polar surface area (TPSA) is 62.8 Å². The van der Waals surface area contributed by atoms with Crippen LogP contribution in [-0.4, -0.2) is 18.6 Å². The summed E-state index contributed by atoms with van der Waals surface area (Å²) in [5.41, 5.74) is 1.32. The van der Waals surface area contributed by atoms with E-state index in [2.05, 4.69) is 10.2 Å². The summed E-state index contributed by atoms with van der Waals surface area (Å²) in [4.78, 5) is 0.0533. The zero-order chi connectivity index (χ0) is 11.1. The Hall–Kier alpha value is -1.07. The second-order valence-electron chi connectivity index (χ2n) is 3.15. The Morgan fingerprint density at radius 3 is 2.80 bits per heavy atom. The lowest BCUT2D eigenvalue weighted by molar-refractivity contribution is 0.610. The summed E-state index contributed by atoms with van der Waals surface area (Å²) in [6.07, 6.45) is 0.766. The van der Waals surface area contributed by atoms with Crippen molar-refractivity contribution in [3.63, 3.8) is 0 Å². The SMILES string of the molecule is CCc1[nH]nc2c(S(=O)(=O)Cl)cccc12. The van der Waals surface area contributed by atoms with E-state index in [1.165, 1.54) is 6.07 Å². The lowest BCUT2D eigenvalue weighted by Crippen LogP contribution is -1.91. The van der Waals surface area contributed by atoms with Crippen molar-refractivity contribution in [2.75, 3.05) is 0 Å². The van der Waals surface area contributed by atoms with Crippen molar-refractivity contribution in [2.45, 2.75) is 18.2 Å². The second kappa shape index (κ2) is 3.50. The van der Waals surface area contributed by atoms with E-state index < -0.39 is 9.05 Å². The lowest BCUT2D eigenvalue weighted by atomic mass is 10.2. The van der Waals surface area contributed by atoms with Gasteiger partial charge in [-0.05, 0) is 12.5 Å². The molecular weight excluding hydrogens is 236 g/mol. The third kappa shape index (κ3) is 1.72. The van der Waals surface area contributed by atoms with E-state index >= 15 is 0 Å². The maximum atomic E-state index is 11.3. The van der Waals surface area contributed by atoms with Gasteiger partial charge in [-0.15, -0.1) is 0 Å². The number of hydrogen-bond donors (Lipinski definition) is 1. The van der Waals surface area contributed by atoms with Gasteiger partial charge in [0, 0.05) is 21.8 Å². The number of rotatable bonds is 2. The molecule has 0 radical (unpaired) electrons. The average molecular weight is 245 g/mol. The molecule has 2 aromatic rings. The fourth-order valence-electron chi connectivity index (χ4n) is 1.53. The molecule has 15 heavy (non-hydrogen) atoms. The van der Waals surface area contributed by atoms with Gasteiger partial charge >= 0.3 is 0 Å². The molecule has 4 nitrogen and oxygen atoms in total. The van der Waals surface area contributed by atoms with Gasteiger partial charge in [0.2, 0.25) is 0 Å². The fraction of sp³-hybridized carbons (Fsp3) is 0.222. The number of nitrogens with one attached hydrogen (secondary N) is 1. The predicted molar refractivity (Wildman–Crippen MR) is 58.5 cm³/mol. The molecule has 1 N–H and O–H groups in total. The van der Waals surface area contributed by atoms with Gasteiger partial charge in [0.05, 0.1) is 0 Å². The van der Waals surface area contributed by atoms with E-state index in [4.69, 9.17) is 10.7 Å². The molecule has 2 rings (SSSR count). The minimum atomic E-state index is -3.73. The Kier molecular flexibility index (Phi) is 2.44. The van der Waals surface area contributed by atoms with Crippen LogP contribution in [0.4, 0.5) is 0 Å². The van der Waals surface area contributed by atoms with Gasteiger partial charge in [-0.2, -0.15) is 5.10 Å². The van der Waals surface area contributed by atoms with Crippen LogP contribution in [0, 0.1) is 0 Å². The summed E-state index contributed by atoms with van der Waals surface area (Å²) in [5, 5.41) is 7.57. The van der Waals surface area contributed by atoms with E-state index in [0.717, 1.165) is 17.5 Å². The van der Waals surface area contributed by atoms with Crippen LogP contribution in [-0.2, 0) is 15.5 Å². The molecule has 80 valence electrons. The summed E-state index contributed by atoms with van der Waals surface area (Å²) in [5.74, 6) is 0. The van der Waals surface area contributed by atoms with E-state index in [9.17, 15) is 8.42 Å². The van der Waals surface area contributed by atoms with Crippen molar-refractivity contribution in [3.8, 4) is 0 Å². The van der Waals surface area contributed by atoms with Crippen LogP contribution in [0.25, 0.3) is 10.9 Å². The molecule has 0 aliphatic heterocycles. The highest BCUT2D eigenvalue weighted by atomic mass is 35.7. The third-order valence-electron chi connectivity index (χ3n) is 2.24. The summed E-state index contributed by atoms with van der Waals surface area (Å²) in [6, 6.07) is 4.93. The van der Waals surface area contributed by atoms with Gasteiger partial charge in [0.15, 0.2) is 0 Å². The first kappa shape index (κ1) is 10.4. The lowest BCUT2D eigenvalue weighted by Gasteiger charge is -1.97. The molecule has 0 spiro atoms. The zero-order valence-electron chi connectivity index (χ0n) is 7.99. The van der Waals surface area contributed by atoms with Gasteiger partial charge < -0.3 is 0 Å². The van der Waals surface area contributed by atoms with E-state index in [-0.39, 0.29) is 4.90 Å². The highest BCUT2D eigenvalue weighted by Gasteiger charge is 2.17. The standard InChI is InChI=1S/C9H9ClN2O2S/c1-2-7-6-4-3-5-8(15(10,13)14)9(6)12-11-7/h3-5H,2H2,1H3,(H,11,12). The molecule has 0 unspecified atom stereocenters. The molecule has 6 heteroatoms. The Morgan fingerprint density at radius 1 is 1.47 bits per heavy atom. The number of halogens is 1. The molecule has 0 saturated heterocycles. The molecule has 1 aromatic carbocycles. The highest BCUT2D eigenvalue weighted by Crippen LogP contribution is 2.25. The molecule has 1 aromatic heterocycles. The van der Waals surface area contributed by atoms with Crippen molar-refractivity contribution in [1.29, 1.82) is 0 Å². The number of aromatic nitrogens is 2. The number of nitrogens with zero attached hydrogens (tertiary/aromatic N) is 1. The normalized spacial score (nSPS) is 12.1. The maximum Gasteiger partial charge on any atom is 0.263 e. The number of H-pyrrole nitrogens is 1. The first-order valence-corrected chi connectivity index (χ1v) is 6.75. The van der Waals surface area contributed by atoms with Crippen LogP contribution in [0.2, 0.25) is 0 Å². The van der Waals surface area contributed by atoms with Crippen molar-refractivity contribution >= 4 is 30.6 Å². The average Bonchev–Trinajstić information content (AvgIpc) is 2.58. The zero-order valence-corrected chi connectivity index (χ0v) is 9.56. The van der Waals surface area contributed by atoms with Gasteiger partial charge in [-0.1, -0.05) is 19.1 Å². The number of fused-ring (bicyclic) bond motifs is 1. The van der Waals surface area contributed by atoms with E-state index in [1.807, 2.05) is 13.0 Å². The van der Waals surface area contributed by atoms with Crippen LogP contribution in [0.15, 0.2) is 23.1 Å². The van der Waals surface area contributed by atoms with Crippen molar-refractivity contribution in [3.05, 3.63) is 23.9 Å². The number of aromatic amines is 1. The smallest absolute Gasteiger partial charge is 0.263 e. The summed E-state index contributed by atoms with van der Waals surface area (Å²) in [6.45, 7) is 1.97. The summed E-state index contributed by atoms with van der Waals surface area (Å²) in [7, 11) is 1.57. The molecule has 0 aliphatic carbocycles.